The van der Waals surface area contributed by atoms with Crippen molar-refractivity contribution in [3.63, 3.8) is 0 Å². The highest BCUT2D eigenvalue weighted by atomic mass is 15.3. The number of hydrogen-bond acceptors (Lipinski definition) is 3. The van der Waals surface area contributed by atoms with Gasteiger partial charge in [0, 0.05) is 38.4 Å². The molecule has 0 spiro atoms. The van der Waals surface area contributed by atoms with Crippen molar-refractivity contribution in [3.8, 4) is 0 Å². The summed E-state index contributed by atoms with van der Waals surface area (Å²) in [5, 5.41) is 4.49. The van der Waals surface area contributed by atoms with Crippen LogP contribution in [0.4, 0.5) is 5.82 Å². The highest BCUT2D eigenvalue weighted by molar-refractivity contribution is 5.46. The topological polar surface area (TPSA) is 47.1 Å². The summed E-state index contributed by atoms with van der Waals surface area (Å²) < 4.78 is 1.86. The highest BCUT2D eigenvalue weighted by Crippen LogP contribution is 2.24. The number of aromatic nitrogens is 2. The van der Waals surface area contributed by atoms with E-state index < -0.39 is 0 Å². The van der Waals surface area contributed by atoms with Crippen molar-refractivity contribution < 1.29 is 0 Å². The molecule has 2 N–H and O–H groups in total. The third-order valence-corrected chi connectivity index (χ3v) is 3.19. The van der Waals surface area contributed by atoms with Gasteiger partial charge in [-0.1, -0.05) is 6.92 Å². The first-order valence-corrected chi connectivity index (χ1v) is 5.68. The Morgan fingerprint density at radius 2 is 2.13 bits per heavy atom. The first-order chi connectivity index (χ1) is 7.20. The Kier molecular flexibility index (Phi) is 2.95. The molecule has 0 atom stereocenters. The second-order valence-electron chi connectivity index (χ2n) is 4.53. The van der Waals surface area contributed by atoms with Crippen LogP contribution < -0.4 is 10.6 Å². The monoisotopic (exact) mass is 208 g/mol. The maximum atomic E-state index is 5.72. The Morgan fingerprint density at radius 1 is 1.47 bits per heavy atom. The second kappa shape index (κ2) is 4.23. The zero-order valence-electron chi connectivity index (χ0n) is 9.61. The number of nitrogens with two attached hydrogens (primary N) is 1. The first-order valence-electron chi connectivity index (χ1n) is 5.68. The van der Waals surface area contributed by atoms with Crippen LogP contribution in [0.2, 0.25) is 0 Å². The van der Waals surface area contributed by atoms with E-state index in [2.05, 4.69) is 16.9 Å². The molecule has 84 valence electrons. The first kappa shape index (κ1) is 10.5. The van der Waals surface area contributed by atoms with Crippen LogP contribution >= 0.6 is 0 Å². The molecular formula is C11H20N4. The molecular weight excluding hydrogens is 188 g/mol. The van der Waals surface area contributed by atoms with Gasteiger partial charge < -0.3 is 10.6 Å². The summed E-state index contributed by atoms with van der Waals surface area (Å²) in [7, 11) is 1.95. The zero-order valence-corrected chi connectivity index (χ0v) is 9.61. The lowest BCUT2D eigenvalue weighted by Gasteiger charge is -2.30. The van der Waals surface area contributed by atoms with Crippen molar-refractivity contribution in [1.82, 2.24) is 9.78 Å². The fourth-order valence-electron chi connectivity index (χ4n) is 2.16. The Morgan fingerprint density at radius 3 is 2.73 bits per heavy atom. The van der Waals surface area contributed by atoms with Crippen molar-refractivity contribution in [3.05, 3.63) is 11.8 Å². The second-order valence-corrected chi connectivity index (χ2v) is 4.53. The average molecular weight is 208 g/mol. The van der Waals surface area contributed by atoms with Gasteiger partial charge in [-0.3, -0.25) is 4.68 Å². The van der Waals surface area contributed by atoms with E-state index in [0.29, 0.717) is 6.54 Å². The Balaban J connectivity index is 2.14. The van der Waals surface area contributed by atoms with E-state index in [0.717, 1.165) is 30.4 Å². The molecule has 0 aliphatic carbocycles. The van der Waals surface area contributed by atoms with E-state index in [9.17, 15) is 0 Å². The van der Waals surface area contributed by atoms with Gasteiger partial charge in [0.2, 0.25) is 0 Å². The Labute approximate surface area is 91.1 Å². The molecule has 0 aromatic carbocycles. The van der Waals surface area contributed by atoms with E-state index in [1.54, 1.807) is 0 Å². The minimum Gasteiger partial charge on any atom is -0.355 e. The average Bonchev–Trinajstić information content (AvgIpc) is 2.61. The van der Waals surface area contributed by atoms with Gasteiger partial charge >= 0.3 is 0 Å². The summed E-state index contributed by atoms with van der Waals surface area (Å²) in [5.74, 6) is 1.94. The van der Waals surface area contributed by atoms with Gasteiger partial charge in [0.15, 0.2) is 5.82 Å². The fourth-order valence-corrected chi connectivity index (χ4v) is 2.16. The number of piperidine rings is 1. The normalized spacial score (nSPS) is 18.5. The quantitative estimate of drug-likeness (QED) is 0.792. The van der Waals surface area contributed by atoms with Crippen LogP contribution in [0.3, 0.4) is 0 Å². The molecule has 0 unspecified atom stereocenters. The molecule has 0 bridgehead atoms. The van der Waals surface area contributed by atoms with Gasteiger partial charge in [-0.25, -0.2) is 0 Å². The molecule has 0 radical (unpaired) electrons. The molecule has 1 saturated heterocycles. The number of rotatable bonds is 2. The highest BCUT2D eigenvalue weighted by Gasteiger charge is 2.20. The number of hydrogen-bond donors (Lipinski definition) is 1. The lowest BCUT2D eigenvalue weighted by Crippen LogP contribution is -2.33. The largest absolute Gasteiger partial charge is 0.355 e. The Bertz CT molecular complexity index is 323. The fraction of sp³-hybridized carbons (Fsp3) is 0.727. The zero-order chi connectivity index (χ0) is 10.8. The van der Waals surface area contributed by atoms with E-state index in [4.69, 9.17) is 5.73 Å². The predicted octanol–water partition coefficient (Wildman–Crippen LogP) is 1.12. The molecule has 2 rings (SSSR count). The van der Waals surface area contributed by atoms with Crippen LogP contribution in [0.5, 0.6) is 0 Å². The minimum absolute atomic E-state index is 0.579. The van der Waals surface area contributed by atoms with Crippen LogP contribution in [-0.4, -0.2) is 22.9 Å². The van der Waals surface area contributed by atoms with Crippen molar-refractivity contribution >= 4 is 5.82 Å². The van der Waals surface area contributed by atoms with Crippen LogP contribution in [0.1, 0.15) is 25.3 Å². The van der Waals surface area contributed by atoms with E-state index in [1.807, 2.05) is 17.9 Å². The molecule has 1 aromatic heterocycles. The molecule has 1 fully saturated rings. The SMILES string of the molecule is CC1CCN(c2nn(C)cc2CN)CC1. The predicted molar refractivity (Wildman–Crippen MR) is 61.7 cm³/mol. The lowest BCUT2D eigenvalue weighted by molar-refractivity contribution is 0.435. The van der Waals surface area contributed by atoms with Gasteiger partial charge in [0.05, 0.1) is 0 Å². The van der Waals surface area contributed by atoms with Gasteiger partial charge in [-0.2, -0.15) is 5.10 Å². The summed E-state index contributed by atoms with van der Waals surface area (Å²) in [5.41, 5.74) is 6.88. The Hall–Kier alpha value is -1.03. The minimum atomic E-state index is 0.579. The molecule has 1 aliphatic rings. The summed E-state index contributed by atoms with van der Waals surface area (Å²) in [6, 6.07) is 0. The van der Waals surface area contributed by atoms with Gasteiger partial charge in [0.25, 0.3) is 0 Å². The number of aryl methyl sites for hydroxylation is 1. The van der Waals surface area contributed by atoms with E-state index in [-0.39, 0.29) is 0 Å². The smallest absolute Gasteiger partial charge is 0.155 e. The van der Waals surface area contributed by atoms with Crippen LogP contribution in [0.15, 0.2) is 6.20 Å². The van der Waals surface area contributed by atoms with E-state index in [1.165, 1.54) is 12.8 Å². The van der Waals surface area contributed by atoms with Gasteiger partial charge in [0.1, 0.15) is 0 Å². The van der Waals surface area contributed by atoms with E-state index >= 15 is 0 Å². The van der Waals surface area contributed by atoms with Crippen molar-refractivity contribution in [2.45, 2.75) is 26.3 Å². The van der Waals surface area contributed by atoms with Crippen LogP contribution in [0, 0.1) is 5.92 Å². The molecule has 0 amide bonds. The number of anilines is 1. The molecule has 15 heavy (non-hydrogen) atoms. The van der Waals surface area contributed by atoms with Crippen molar-refractivity contribution in [2.75, 3.05) is 18.0 Å². The van der Waals surface area contributed by atoms with Crippen LogP contribution in [0.25, 0.3) is 0 Å². The van der Waals surface area contributed by atoms with Crippen molar-refractivity contribution in [1.29, 1.82) is 0 Å². The van der Waals surface area contributed by atoms with Crippen LogP contribution in [-0.2, 0) is 13.6 Å². The maximum Gasteiger partial charge on any atom is 0.155 e. The third kappa shape index (κ3) is 2.15. The molecule has 0 saturated carbocycles. The summed E-state index contributed by atoms with van der Waals surface area (Å²) in [6.45, 7) is 5.13. The summed E-state index contributed by atoms with van der Waals surface area (Å²) in [4.78, 5) is 2.36. The van der Waals surface area contributed by atoms with Gasteiger partial charge in [-0.05, 0) is 18.8 Å². The summed E-state index contributed by atoms with van der Waals surface area (Å²) in [6.07, 6.45) is 4.55. The standard InChI is InChI=1S/C11H20N4/c1-9-3-5-15(6-4-9)11-10(7-12)8-14(2)13-11/h8-9H,3-7,12H2,1-2H3. The molecule has 4 heteroatoms. The van der Waals surface area contributed by atoms with Crippen molar-refractivity contribution in [2.24, 2.45) is 18.7 Å². The molecule has 2 heterocycles. The number of nitrogens with zero attached hydrogens (tertiary/aromatic N) is 3. The lowest BCUT2D eigenvalue weighted by atomic mass is 9.99. The maximum absolute atomic E-state index is 5.72. The molecule has 1 aliphatic heterocycles. The summed E-state index contributed by atoms with van der Waals surface area (Å²) >= 11 is 0. The third-order valence-electron chi connectivity index (χ3n) is 3.19. The van der Waals surface area contributed by atoms with Gasteiger partial charge in [-0.15, -0.1) is 0 Å². The molecule has 4 nitrogen and oxygen atoms in total. The molecule has 1 aromatic rings.